The average Bonchev–Trinajstić information content (AvgIpc) is 3.11. The van der Waals surface area contributed by atoms with Gasteiger partial charge in [-0.05, 0) is 47.4 Å². The number of carboxylic acid groups (broad SMARTS) is 1. The van der Waals surface area contributed by atoms with Crippen molar-refractivity contribution in [2.45, 2.75) is 18.9 Å². The lowest BCUT2D eigenvalue weighted by molar-refractivity contribution is -0.138. The van der Waals surface area contributed by atoms with E-state index >= 15 is 0 Å². The SMILES string of the molecule is C[C@@H](NC(=O)c1ccc(NC(=O)OCC2c3ccccc3-c3ccccc32)cc1F)C(=O)O. The molecule has 1 aliphatic rings. The summed E-state index contributed by atoms with van der Waals surface area (Å²) in [6, 6.07) is 18.2. The number of benzene rings is 3. The zero-order chi connectivity index (χ0) is 23.5. The van der Waals surface area contributed by atoms with Gasteiger partial charge in [0.05, 0.1) is 5.56 Å². The van der Waals surface area contributed by atoms with E-state index in [9.17, 15) is 18.8 Å². The Kier molecular flexibility index (Phi) is 6.08. The van der Waals surface area contributed by atoms with E-state index in [2.05, 4.69) is 10.6 Å². The van der Waals surface area contributed by atoms with Gasteiger partial charge >= 0.3 is 12.1 Å². The third kappa shape index (κ3) is 4.55. The van der Waals surface area contributed by atoms with Gasteiger partial charge in [0.15, 0.2) is 0 Å². The van der Waals surface area contributed by atoms with Crippen LogP contribution in [0.2, 0.25) is 0 Å². The van der Waals surface area contributed by atoms with Crippen molar-refractivity contribution >= 4 is 23.7 Å². The zero-order valence-electron chi connectivity index (χ0n) is 17.7. The number of halogens is 1. The lowest BCUT2D eigenvalue weighted by atomic mass is 9.98. The lowest BCUT2D eigenvalue weighted by Crippen LogP contribution is -2.38. The molecule has 168 valence electrons. The highest BCUT2D eigenvalue weighted by Crippen LogP contribution is 2.44. The summed E-state index contributed by atoms with van der Waals surface area (Å²) in [4.78, 5) is 35.2. The van der Waals surface area contributed by atoms with Crippen molar-refractivity contribution in [1.29, 1.82) is 0 Å². The number of ether oxygens (including phenoxy) is 1. The van der Waals surface area contributed by atoms with E-state index in [0.717, 1.165) is 34.4 Å². The number of amides is 2. The average molecular weight is 448 g/mol. The van der Waals surface area contributed by atoms with Crippen LogP contribution in [0.15, 0.2) is 66.7 Å². The molecule has 33 heavy (non-hydrogen) atoms. The number of fused-ring (bicyclic) bond motifs is 3. The smallest absolute Gasteiger partial charge is 0.411 e. The molecule has 0 aliphatic heterocycles. The maximum absolute atomic E-state index is 14.4. The number of hydrogen-bond acceptors (Lipinski definition) is 4. The number of anilines is 1. The van der Waals surface area contributed by atoms with E-state index in [-0.39, 0.29) is 23.8 Å². The molecule has 8 heteroatoms. The van der Waals surface area contributed by atoms with Crippen LogP contribution < -0.4 is 10.6 Å². The summed E-state index contributed by atoms with van der Waals surface area (Å²) in [6.07, 6.45) is -0.757. The van der Waals surface area contributed by atoms with Crippen LogP contribution in [0.4, 0.5) is 14.9 Å². The molecule has 0 heterocycles. The van der Waals surface area contributed by atoms with Gasteiger partial charge in [0.25, 0.3) is 5.91 Å². The highest BCUT2D eigenvalue weighted by Gasteiger charge is 2.29. The van der Waals surface area contributed by atoms with Gasteiger partial charge in [-0.3, -0.25) is 14.9 Å². The number of hydrogen-bond donors (Lipinski definition) is 3. The third-order valence-electron chi connectivity index (χ3n) is 5.52. The van der Waals surface area contributed by atoms with E-state index < -0.39 is 29.8 Å². The Hall–Kier alpha value is -4.20. The third-order valence-corrected chi connectivity index (χ3v) is 5.52. The number of nitrogens with one attached hydrogen (secondary N) is 2. The maximum atomic E-state index is 14.4. The summed E-state index contributed by atoms with van der Waals surface area (Å²) in [5.74, 6) is -3.11. The molecule has 0 bridgehead atoms. The second kappa shape index (κ2) is 9.12. The summed E-state index contributed by atoms with van der Waals surface area (Å²) in [5, 5.41) is 13.5. The van der Waals surface area contributed by atoms with E-state index in [4.69, 9.17) is 9.84 Å². The second-order valence-corrected chi connectivity index (χ2v) is 7.68. The zero-order valence-corrected chi connectivity index (χ0v) is 17.7. The van der Waals surface area contributed by atoms with Crippen LogP contribution in [-0.4, -0.2) is 35.7 Å². The molecular formula is C25H21FN2O5. The minimum Gasteiger partial charge on any atom is -0.480 e. The molecule has 3 aromatic rings. The summed E-state index contributed by atoms with van der Waals surface area (Å²) >= 11 is 0. The van der Waals surface area contributed by atoms with Crippen molar-refractivity contribution in [1.82, 2.24) is 5.32 Å². The Labute approximate surface area is 189 Å². The monoisotopic (exact) mass is 448 g/mol. The molecular weight excluding hydrogens is 427 g/mol. The number of carbonyl (C=O) groups is 3. The largest absolute Gasteiger partial charge is 0.480 e. The molecule has 2 amide bonds. The van der Waals surface area contributed by atoms with Gasteiger partial charge in [-0.2, -0.15) is 0 Å². The molecule has 0 aromatic heterocycles. The summed E-state index contributed by atoms with van der Waals surface area (Å²) in [6.45, 7) is 1.38. The number of rotatable bonds is 6. The first-order valence-corrected chi connectivity index (χ1v) is 10.3. The number of carboxylic acids is 1. The molecule has 3 aromatic carbocycles. The van der Waals surface area contributed by atoms with E-state index in [1.165, 1.54) is 13.0 Å². The Balaban J connectivity index is 1.40. The predicted molar refractivity (Wildman–Crippen MR) is 120 cm³/mol. The Morgan fingerprint density at radius 1 is 1.00 bits per heavy atom. The van der Waals surface area contributed by atoms with E-state index in [1.807, 2.05) is 48.5 Å². The Morgan fingerprint density at radius 3 is 2.18 bits per heavy atom. The molecule has 0 fully saturated rings. The van der Waals surface area contributed by atoms with E-state index in [1.54, 1.807) is 0 Å². The van der Waals surface area contributed by atoms with Crippen molar-refractivity contribution in [3.05, 3.63) is 89.2 Å². The molecule has 0 spiro atoms. The maximum Gasteiger partial charge on any atom is 0.411 e. The van der Waals surface area contributed by atoms with Crippen LogP contribution in [0, 0.1) is 5.82 Å². The molecule has 1 atom stereocenters. The first-order valence-electron chi connectivity index (χ1n) is 10.3. The van der Waals surface area contributed by atoms with Crippen molar-refractivity contribution in [3.8, 4) is 11.1 Å². The van der Waals surface area contributed by atoms with Crippen LogP contribution in [0.3, 0.4) is 0 Å². The van der Waals surface area contributed by atoms with Gasteiger partial charge in [-0.1, -0.05) is 48.5 Å². The highest BCUT2D eigenvalue weighted by atomic mass is 19.1. The van der Waals surface area contributed by atoms with Crippen molar-refractivity contribution in [2.24, 2.45) is 0 Å². The van der Waals surface area contributed by atoms with E-state index in [0.29, 0.717) is 0 Å². The number of aliphatic carboxylic acids is 1. The van der Waals surface area contributed by atoms with Crippen LogP contribution in [0.5, 0.6) is 0 Å². The van der Waals surface area contributed by atoms with Crippen molar-refractivity contribution < 1.29 is 28.6 Å². The van der Waals surface area contributed by atoms with Crippen LogP contribution in [0.25, 0.3) is 11.1 Å². The van der Waals surface area contributed by atoms with Crippen molar-refractivity contribution in [3.63, 3.8) is 0 Å². The van der Waals surface area contributed by atoms with Gasteiger partial charge in [0.2, 0.25) is 0 Å². The normalized spacial score (nSPS) is 12.9. The highest BCUT2D eigenvalue weighted by molar-refractivity contribution is 5.97. The second-order valence-electron chi connectivity index (χ2n) is 7.68. The van der Waals surface area contributed by atoms with Gasteiger partial charge in [-0.15, -0.1) is 0 Å². The number of carbonyl (C=O) groups excluding carboxylic acids is 2. The standard InChI is InChI=1S/C25H21FN2O5/c1-14(24(30)31)27-23(29)20-11-10-15(12-22(20)26)28-25(32)33-13-21-18-8-4-2-6-16(18)17-7-3-5-9-19(17)21/h2-12,14,21H,13H2,1H3,(H,27,29)(H,28,32)(H,30,31)/t14-/m1/s1. The Morgan fingerprint density at radius 2 is 1.61 bits per heavy atom. The van der Waals surface area contributed by atoms with Gasteiger partial charge in [-0.25, -0.2) is 9.18 Å². The van der Waals surface area contributed by atoms with Crippen LogP contribution in [-0.2, 0) is 9.53 Å². The summed E-state index contributed by atoms with van der Waals surface area (Å²) < 4.78 is 19.8. The predicted octanol–water partition coefficient (Wildman–Crippen LogP) is 4.39. The molecule has 1 aliphatic carbocycles. The quantitative estimate of drug-likeness (QED) is 0.519. The van der Waals surface area contributed by atoms with Gasteiger partial charge in [0.1, 0.15) is 18.5 Å². The van der Waals surface area contributed by atoms with Crippen LogP contribution >= 0.6 is 0 Å². The molecule has 4 rings (SSSR count). The van der Waals surface area contributed by atoms with Crippen molar-refractivity contribution in [2.75, 3.05) is 11.9 Å². The molecule has 7 nitrogen and oxygen atoms in total. The topological polar surface area (TPSA) is 105 Å². The van der Waals surface area contributed by atoms with Gasteiger partial charge < -0.3 is 15.2 Å². The molecule has 3 N–H and O–H groups in total. The minimum atomic E-state index is -1.24. The molecule has 0 radical (unpaired) electrons. The molecule has 0 saturated heterocycles. The van der Waals surface area contributed by atoms with Gasteiger partial charge in [0, 0.05) is 11.6 Å². The summed E-state index contributed by atoms with van der Waals surface area (Å²) in [5.41, 5.74) is 4.13. The fourth-order valence-corrected chi connectivity index (χ4v) is 3.87. The minimum absolute atomic E-state index is 0.104. The fourth-order valence-electron chi connectivity index (χ4n) is 3.87. The molecule has 0 saturated carbocycles. The van der Waals surface area contributed by atoms with Crippen LogP contribution in [0.1, 0.15) is 34.3 Å². The summed E-state index contributed by atoms with van der Waals surface area (Å²) in [7, 11) is 0. The fraction of sp³-hybridized carbons (Fsp3) is 0.160. The first kappa shape index (κ1) is 22.0. The first-order chi connectivity index (χ1) is 15.8. The Bertz CT molecular complexity index is 1200. The lowest BCUT2D eigenvalue weighted by Gasteiger charge is -2.15. The molecule has 0 unspecified atom stereocenters.